The molecule has 1 heterocycles. The van der Waals surface area contributed by atoms with Crippen molar-refractivity contribution in [3.8, 4) is 0 Å². The van der Waals surface area contributed by atoms with Crippen molar-refractivity contribution in [3.63, 3.8) is 0 Å². The van der Waals surface area contributed by atoms with Gasteiger partial charge in [-0.2, -0.15) is 13.2 Å². The third kappa shape index (κ3) is 6.20. The highest BCUT2D eigenvalue weighted by Gasteiger charge is 2.34. The molecule has 0 saturated carbocycles. The molecular weight excluding hydrogens is 247 g/mol. The van der Waals surface area contributed by atoms with Gasteiger partial charge in [0.05, 0.1) is 6.54 Å². The fourth-order valence-corrected chi connectivity index (χ4v) is 2.10. The summed E-state index contributed by atoms with van der Waals surface area (Å²) in [6.45, 7) is 2.13. The van der Waals surface area contributed by atoms with Crippen molar-refractivity contribution in [3.05, 3.63) is 0 Å². The lowest BCUT2D eigenvalue weighted by molar-refractivity contribution is -0.143. The molecule has 4 nitrogen and oxygen atoms in total. The normalized spacial score (nSPS) is 23.1. The van der Waals surface area contributed by atoms with Gasteiger partial charge in [-0.1, -0.05) is 0 Å². The van der Waals surface area contributed by atoms with Crippen LogP contribution in [0.25, 0.3) is 0 Å². The molecular formula is C11H20F3N3O. The topological polar surface area (TPSA) is 58.4 Å². The molecule has 1 fully saturated rings. The fourth-order valence-electron chi connectivity index (χ4n) is 2.10. The van der Waals surface area contributed by atoms with Gasteiger partial charge in [-0.3, -0.25) is 9.69 Å². The van der Waals surface area contributed by atoms with Crippen LogP contribution in [0.15, 0.2) is 0 Å². The molecule has 7 heteroatoms. The zero-order chi connectivity index (χ0) is 13.8. The van der Waals surface area contributed by atoms with E-state index in [2.05, 4.69) is 5.32 Å². The molecule has 0 bridgehead atoms. The summed E-state index contributed by atoms with van der Waals surface area (Å²) in [5.41, 5.74) is 5.47. The van der Waals surface area contributed by atoms with Gasteiger partial charge >= 0.3 is 6.18 Å². The zero-order valence-electron chi connectivity index (χ0n) is 10.5. The Hall–Kier alpha value is -0.820. The SMILES string of the molecule is CC(N)CC(=O)NCC1CCN(CC(F)(F)F)C1. The van der Waals surface area contributed by atoms with E-state index in [0.29, 0.717) is 26.1 Å². The third-order valence-corrected chi connectivity index (χ3v) is 2.87. The molecule has 3 N–H and O–H groups in total. The third-order valence-electron chi connectivity index (χ3n) is 2.87. The second kappa shape index (κ2) is 6.38. The number of rotatable bonds is 5. The van der Waals surface area contributed by atoms with Gasteiger partial charge in [0.25, 0.3) is 0 Å². The second-order valence-corrected chi connectivity index (χ2v) is 4.99. The highest BCUT2D eigenvalue weighted by molar-refractivity contribution is 5.76. The number of nitrogens with two attached hydrogens (primary N) is 1. The smallest absolute Gasteiger partial charge is 0.356 e. The summed E-state index contributed by atoms with van der Waals surface area (Å²) in [6.07, 6.45) is -3.21. The maximum atomic E-state index is 12.2. The molecule has 1 amide bonds. The van der Waals surface area contributed by atoms with E-state index in [1.807, 2.05) is 0 Å². The van der Waals surface area contributed by atoms with E-state index < -0.39 is 12.7 Å². The number of alkyl halides is 3. The number of carbonyl (C=O) groups is 1. The largest absolute Gasteiger partial charge is 0.401 e. The Morgan fingerprint density at radius 1 is 1.56 bits per heavy atom. The molecule has 1 rings (SSSR count). The van der Waals surface area contributed by atoms with Crippen molar-refractivity contribution in [1.82, 2.24) is 10.2 Å². The average Bonchev–Trinajstić information content (AvgIpc) is 2.58. The summed E-state index contributed by atoms with van der Waals surface area (Å²) in [5.74, 6) is -0.0383. The zero-order valence-corrected chi connectivity index (χ0v) is 10.5. The Morgan fingerprint density at radius 3 is 2.78 bits per heavy atom. The van der Waals surface area contributed by atoms with E-state index in [1.165, 1.54) is 4.90 Å². The highest BCUT2D eigenvalue weighted by Crippen LogP contribution is 2.22. The van der Waals surface area contributed by atoms with Gasteiger partial charge in [0, 0.05) is 25.6 Å². The van der Waals surface area contributed by atoms with Gasteiger partial charge in [-0.15, -0.1) is 0 Å². The summed E-state index contributed by atoms with van der Waals surface area (Å²) in [5, 5.41) is 2.71. The molecule has 106 valence electrons. The minimum Gasteiger partial charge on any atom is -0.356 e. The minimum atomic E-state index is -4.15. The van der Waals surface area contributed by atoms with Crippen LogP contribution in [0.2, 0.25) is 0 Å². The monoisotopic (exact) mass is 267 g/mol. The van der Waals surface area contributed by atoms with E-state index in [9.17, 15) is 18.0 Å². The first-order valence-corrected chi connectivity index (χ1v) is 6.07. The molecule has 1 aliphatic heterocycles. The van der Waals surface area contributed by atoms with Crippen LogP contribution in [0.4, 0.5) is 13.2 Å². The number of amides is 1. The Morgan fingerprint density at radius 2 is 2.22 bits per heavy atom. The van der Waals surface area contributed by atoms with Crippen LogP contribution in [0, 0.1) is 5.92 Å². The summed E-state index contributed by atoms with van der Waals surface area (Å²) in [7, 11) is 0. The van der Waals surface area contributed by atoms with Crippen LogP contribution in [-0.2, 0) is 4.79 Å². The minimum absolute atomic E-state index is 0.101. The first kappa shape index (κ1) is 15.2. The lowest BCUT2D eigenvalue weighted by Crippen LogP contribution is -2.36. The van der Waals surface area contributed by atoms with Crippen LogP contribution in [-0.4, -0.2) is 49.2 Å². The number of hydrogen-bond donors (Lipinski definition) is 2. The summed E-state index contributed by atoms with van der Waals surface area (Å²) in [4.78, 5) is 12.7. The maximum absolute atomic E-state index is 12.2. The average molecular weight is 267 g/mol. The number of likely N-dealkylation sites (tertiary alicyclic amines) is 1. The molecule has 0 spiro atoms. The molecule has 1 aliphatic rings. The van der Waals surface area contributed by atoms with Crippen molar-refractivity contribution in [1.29, 1.82) is 0 Å². The predicted molar refractivity (Wildman–Crippen MR) is 61.9 cm³/mol. The van der Waals surface area contributed by atoms with Crippen LogP contribution in [0.1, 0.15) is 19.8 Å². The van der Waals surface area contributed by atoms with Gasteiger partial charge in [0.15, 0.2) is 0 Å². The Balaban J connectivity index is 2.20. The van der Waals surface area contributed by atoms with Gasteiger partial charge in [0.2, 0.25) is 5.91 Å². The van der Waals surface area contributed by atoms with Gasteiger partial charge in [-0.25, -0.2) is 0 Å². The number of hydrogen-bond acceptors (Lipinski definition) is 3. The molecule has 0 radical (unpaired) electrons. The molecule has 2 unspecified atom stereocenters. The molecule has 1 saturated heterocycles. The van der Waals surface area contributed by atoms with E-state index in [1.54, 1.807) is 6.92 Å². The van der Waals surface area contributed by atoms with Gasteiger partial charge in [-0.05, 0) is 25.8 Å². The molecule has 18 heavy (non-hydrogen) atoms. The van der Waals surface area contributed by atoms with Crippen molar-refractivity contribution < 1.29 is 18.0 Å². The quantitative estimate of drug-likeness (QED) is 0.772. The molecule has 0 aromatic rings. The van der Waals surface area contributed by atoms with Crippen molar-refractivity contribution in [2.45, 2.75) is 32.0 Å². The number of nitrogens with zero attached hydrogens (tertiary/aromatic N) is 1. The fraction of sp³-hybridized carbons (Fsp3) is 0.909. The van der Waals surface area contributed by atoms with Crippen LogP contribution >= 0.6 is 0 Å². The van der Waals surface area contributed by atoms with Crippen LogP contribution < -0.4 is 11.1 Å². The van der Waals surface area contributed by atoms with Crippen molar-refractivity contribution in [2.75, 3.05) is 26.2 Å². The first-order chi connectivity index (χ1) is 8.26. The van der Waals surface area contributed by atoms with E-state index in [-0.39, 0.29) is 24.3 Å². The standard InChI is InChI=1S/C11H20F3N3O/c1-8(15)4-10(18)16-5-9-2-3-17(6-9)7-11(12,13)14/h8-9H,2-7,15H2,1H3,(H,16,18). The lowest BCUT2D eigenvalue weighted by Gasteiger charge is -2.18. The Labute approximate surface area is 105 Å². The number of halogens is 3. The van der Waals surface area contributed by atoms with Gasteiger partial charge < -0.3 is 11.1 Å². The lowest BCUT2D eigenvalue weighted by atomic mass is 10.1. The molecule has 0 aromatic heterocycles. The second-order valence-electron chi connectivity index (χ2n) is 4.99. The predicted octanol–water partition coefficient (Wildman–Crippen LogP) is 0.724. The Kier molecular flexibility index (Phi) is 5.40. The number of nitrogens with one attached hydrogen (secondary N) is 1. The van der Waals surface area contributed by atoms with Crippen molar-refractivity contribution >= 4 is 5.91 Å². The van der Waals surface area contributed by atoms with Gasteiger partial charge in [0.1, 0.15) is 0 Å². The Bertz CT molecular complexity index is 281. The maximum Gasteiger partial charge on any atom is 0.401 e. The molecule has 2 atom stereocenters. The molecule has 0 aliphatic carbocycles. The van der Waals surface area contributed by atoms with Crippen molar-refractivity contribution in [2.24, 2.45) is 11.7 Å². The first-order valence-electron chi connectivity index (χ1n) is 6.07. The highest BCUT2D eigenvalue weighted by atomic mass is 19.4. The summed E-state index contributed by atoms with van der Waals surface area (Å²) < 4.78 is 36.5. The van der Waals surface area contributed by atoms with E-state index in [4.69, 9.17) is 5.73 Å². The van der Waals surface area contributed by atoms with E-state index >= 15 is 0 Å². The van der Waals surface area contributed by atoms with E-state index in [0.717, 1.165) is 0 Å². The van der Waals surface area contributed by atoms with Crippen LogP contribution in [0.5, 0.6) is 0 Å². The van der Waals surface area contributed by atoms with Crippen LogP contribution in [0.3, 0.4) is 0 Å². The molecule has 0 aromatic carbocycles. The summed E-state index contributed by atoms with van der Waals surface area (Å²) >= 11 is 0. The number of carbonyl (C=O) groups excluding carboxylic acids is 1. The summed E-state index contributed by atoms with van der Waals surface area (Å²) in [6, 6.07) is -0.199.